The molecule has 0 spiro atoms. The lowest BCUT2D eigenvalue weighted by molar-refractivity contribution is -0.151. The topological polar surface area (TPSA) is 67.6 Å². The summed E-state index contributed by atoms with van der Waals surface area (Å²) in [6.07, 6.45) is 0.381. The van der Waals surface area contributed by atoms with Gasteiger partial charge in [0.05, 0.1) is 6.42 Å². The quantitative estimate of drug-likeness (QED) is 0.531. The lowest BCUT2D eigenvalue weighted by atomic mass is 10.2. The van der Waals surface area contributed by atoms with Crippen LogP contribution in [0.2, 0.25) is 0 Å². The molecule has 3 N–H and O–H groups in total. The molecule has 0 saturated carbocycles. The maximum absolute atomic E-state index is 11.1. The lowest BCUT2D eigenvalue weighted by Gasteiger charge is -2.37. The molecule has 15 heavy (non-hydrogen) atoms. The van der Waals surface area contributed by atoms with Crippen molar-refractivity contribution in [3.8, 4) is 0 Å². The van der Waals surface area contributed by atoms with Gasteiger partial charge in [0.15, 0.2) is 0 Å². The average Bonchev–Trinajstić information content (AvgIpc) is 2.21. The van der Waals surface area contributed by atoms with Gasteiger partial charge >= 0.3 is 5.97 Å². The van der Waals surface area contributed by atoms with Crippen LogP contribution in [-0.4, -0.2) is 41.0 Å². The van der Waals surface area contributed by atoms with E-state index >= 15 is 0 Å². The van der Waals surface area contributed by atoms with Crippen LogP contribution in [0.5, 0.6) is 0 Å². The van der Waals surface area contributed by atoms with E-state index in [1.54, 1.807) is 0 Å². The Hall–Kier alpha value is -0.300. The fourth-order valence-electron chi connectivity index (χ4n) is 1.66. The Labute approximate surface area is 94.6 Å². The Bertz CT molecular complexity index is 216. The van der Waals surface area contributed by atoms with E-state index in [1.165, 1.54) is 0 Å². The second kappa shape index (κ2) is 6.32. The van der Waals surface area contributed by atoms with Crippen LogP contribution in [0, 0.1) is 0 Å². The maximum atomic E-state index is 11.1. The average molecular weight is 233 g/mol. The highest BCUT2D eigenvalue weighted by Crippen LogP contribution is 2.23. The Kier molecular flexibility index (Phi) is 5.38. The third kappa shape index (κ3) is 3.98. The largest absolute Gasteiger partial charge is 0.356 e. The summed E-state index contributed by atoms with van der Waals surface area (Å²) in [6.45, 7) is 6.21. The first kappa shape index (κ1) is 12.8. The van der Waals surface area contributed by atoms with Crippen LogP contribution in [0.15, 0.2) is 0 Å². The highest BCUT2D eigenvalue weighted by molar-refractivity contribution is 8.00. The van der Waals surface area contributed by atoms with Crippen molar-refractivity contribution in [3.05, 3.63) is 0 Å². The second-order valence-corrected chi connectivity index (χ2v) is 5.18. The van der Waals surface area contributed by atoms with Crippen molar-refractivity contribution in [1.82, 2.24) is 10.5 Å². The molecule has 0 aromatic carbocycles. The van der Waals surface area contributed by atoms with E-state index in [-0.39, 0.29) is 5.97 Å². The number of hydrazine groups is 1. The molecule has 0 aromatic rings. The van der Waals surface area contributed by atoms with Crippen molar-refractivity contribution in [2.45, 2.75) is 31.6 Å². The van der Waals surface area contributed by atoms with Gasteiger partial charge in [0.2, 0.25) is 0 Å². The van der Waals surface area contributed by atoms with Crippen LogP contribution >= 0.6 is 11.8 Å². The smallest absolute Gasteiger partial charge is 0.327 e. The Morgan fingerprint density at radius 1 is 1.67 bits per heavy atom. The van der Waals surface area contributed by atoms with Crippen LogP contribution in [-0.2, 0) is 9.63 Å². The molecule has 0 radical (unpaired) electrons. The first-order valence-corrected chi connectivity index (χ1v) is 6.21. The molecule has 0 amide bonds. The molecule has 88 valence electrons. The molecule has 1 heterocycles. The second-order valence-electron chi connectivity index (χ2n) is 3.69. The standard InChI is InChI=1S/C9H19N3O2S/c1-7-8(2)15-6-5-12(7)4-3-9(13)14-11-10/h7-8,11H,3-6,10H2,1-2H3. The Balaban J connectivity index is 2.28. The predicted molar refractivity (Wildman–Crippen MR) is 61.0 cm³/mol. The highest BCUT2D eigenvalue weighted by Gasteiger charge is 2.25. The number of rotatable bonds is 4. The molecule has 0 aromatic heterocycles. The zero-order valence-electron chi connectivity index (χ0n) is 9.23. The molecular weight excluding hydrogens is 214 g/mol. The van der Waals surface area contributed by atoms with E-state index in [2.05, 4.69) is 23.6 Å². The molecule has 0 aliphatic carbocycles. The molecule has 5 nitrogen and oxygen atoms in total. The number of nitrogens with zero attached hydrogens (tertiary/aromatic N) is 1. The van der Waals surface area contributed by atoms with Crippen molar-refractivity contribution in [3.63, 3.8) is 0 Å². The summed E-state index contributed by atoms with van der Waals surface area (Å²) in [5, 5.41) is 0.627. The molecule has 1 aliphatic heterocycles. The van der Waals surface area contributed by atoms with Gasteiger partial charge in [-0.1, -0.05) is 12.5 Å². The number of nitrogens with one attached hydrogen (secondary N) is 1. The van der Waals surface area contributed by atoms with Gasteiger partial charge in [-0.15, -0.1) is 0 Å². The third-order valence-corrected chi connectivity index (χ3v) is 4.13. The lowest BCUT2D eigenvalue weighted by Crippen LogP contribution is -2.45. The summed E-state index contributed by atoms with van der Waals surface area (Å²) in [7, 11) is 0. The molecule has 1 saturated heterocycles. The molecule has 1 aliphatic rings. The van der Waals surface area contributed by atoms with Crippen molar-refractivity contribution in [2.24, 2.45) is 5.84 Å². The maximum Gasteiger partial charge on any atom is 0.327 e. The van der Waals surface area contributed by atoms with E-state index in [0.29, 0.717) is 17.7 Å². The molecule has 2 unspecified atom stereocenters. The monoisotopic (exact) mass is 233 g/mol. The minimum absolute atomic E-state index is 0.310. The molecule has 2 atom stereocenters. The van der Waals surface area contributed by atoms with Crippen molar-refractivity contribution >= 4 is 17.7 Å². The Morgan fingerprint density at radius 2 is 2.40 bits per heavy atom. The highest BCUT2D eigenvalue weighted by atomic mass is 32.2. The van der Waals surface area contributed by atoms with Gasteiger partial charge in [-0.25, -0.2) is 5.84 Å². The Morgan fingerprint density at radius 3 is 3.07 bits per heavy atom. The minimum Gasteiger partial charge on any atom is -0.356 e. The number of carbonyl (C=O) groups is 1. The van der Waals surface area contributed by atoms with Gasteiger partial charge in [0, 0.05) is 30.1 Å². The van der Waals surface area contributed by atoms with Gasteiger partial charge in [-0.05, 0) is 6.92 Å². The van der Waals surface area contributed by atoms with Gasteiger partial charge in [-0.3, -0.25) is 9.69 Å². The van der Waals surface area contributed by atoms with Gasteiger partial charge < -0.3 is 4.84 Å². The van der Waals surface area contributed by atoms with E-state index in [4.69, 9.17) is 5.84 Å². The summed E-state index contributed by atoms with van der Waals surface area (Å²) in [4.78, 5) is 17.8. The van der Waals surface area contributed by atoms with Crippen LogP contribution in [0.3, 0.4) is 0 Å². The first-order chi connectivity index (χ1) is 7.15. The minimum atomic E-state index is -0.310. The van der Waals surface area contributed by atoms with Crippen LogP contribution in [0.4, 0.5) is 0 Å². The third-order valence-electron chi connectivity index (χ3n) is 2.79. The number of hydrogen-bond donors (Lipinski definition) is 2. The SMILES string of the molecule is CC1SCCN(CCC(=O)ONN)C1C. The molecular formula is C9H19N3O2S. The van der Waals surface area contributed by atoms with E-state index in [9.17, 15) is 4.79 Å². The number of hydrogen-bond acceptors (Lipinski definition) is 6. The van der Waals surface area contributed by atoms with Crippen molar-refractivity contribution in [2.75, 3.05) is 18.8 Å². The number of nitrogens with two attached hydrogens (primary N) is 1. The normalized spacial score (nSPS) is 27.7. The van der Waals surface area contributed by atoms with Gasteiger partial charge in [0.25, 0.3) is 0 Å². The zero-order valence-corrected chi connectivity index (χ0v) is 10.0. The van der Waals surface area contributed by atoms with Crippen molar-refractivity contribution < 1.29 is 9.63 Å². The zero-order chi connectivity index (χ0) is 11.3. The number of carbonyl (C=O) groups excluding carboxylic acids is 1. The van der Waals surface area contributed by atoms with Crippen LogP contribution in [0.25, 0.3) is 0 Å². The number of thioether (sulfide) groups is 1. The van der Waals surface area contributed by atoms with E-state index in [0.717, 1.165) is 18.8 Å². The summed E-state index contributed by atoms with van der Waals surface area (Å²) < 4.78 is 0. The summed E-state index contributed by atoms with van der Waals surface area (Å²) in [5.74, 6) is 5.70. The molecule has 6 heteroatoms. The van der Waals surface area contributed by atoms with Gasteiger partial charge in [0.1, 0.15) is 0 Å². The van der Waals surface area contributed by atoms with E-state index in [1.807, 2.05) is 17.4 Å². The van der Waals surface area contributed by atoms with Crippen molar-refractivity contribution in [1.29, 1.82) is 0 Å². The molecule has 1 rings (SSSR count). The van der Waals surface area contributed by atoms with E-state index < -0.39 is 0 Å². The fourth-order valence-corrected chi connectivity index (χ4v) is 2.83. The van der Waals surface area contributed by atoms with Crippen LogP contribution in [0.1, 0.15) is 20.3 Å². The van der Waals surface area contributed by atoms with Gasteiger partial charge in [-0.2, -0.15) is 11.8 Å². The summed E-state index contributed by atoms with van der Waals surface area (Å²) in [5.41, 5.74) is 1.90. The predicted octanol–water partition coefficient (Wildman–Crippen LogP) is 0.124. The first-order valence-electron chi connectivity index (χ1n) is 5.16. The summed E-state index contributed by atoms with van der Waals surface area (Å²) >= 11 is 1.98. The van der Waals surface area contributed by atoms with Crippen LogP contribution < -0.4 is 11.4 Å². The molecule has 1 fully saturated rings. The fraction of sp³-hybridized carbons (Fsp3) is 0.889. The summed E-state index contributed by atoms with van der Waals surface area (Å²) in [6, 6.07) is 0.516. The molecule has 0 bridgehead atoms.